The molecule has 0 aromatic heterocycles. The van der Waals surface area contributed by atoms with Crippen molar-refractivity contribution in [1.29, 1.82) is 0 Å². The van der Waals surface area contributed by atoms with Gasteiger partial charge in [-0.1, -0.05) is 142 Å². The van der Waals surface area contributed by atoms with Crippen molar-refractivity contribution in [3.8, 4) is 0 Å². The Kier molecular flexibility index (Phi) is 14.6. The van der Waals surface area contributed by atoms with Gasteiger partial charge in [-0.15, -0.1) is 0 Å². The maximum Gasteiger partial charge on any atom is 0.167 e. The van der Waals surface area contributed by atoms with Gasteiger partial charge >= 0.3 is 0 Å². The largest absolute Gasteiger partial charge is 0.294 e. The van der Waals surface area contributed by atoms with E-state index < -0.39 is 0 Å². The molecular weight excluding hydrogens is 464 g/mol. The van der Waals surface area contributed by atoms with Gasteiger partial charge in [-0.2, -0.15) is 0 Å². The van der Waals surface area contributed by atoms with Crippen LogP contribution in [0.1, 0.15) is 153 Å². The van der Waals surface area contributed by atoms with Crippen LogP contribution in [-0.2, 0) is 0 Å². The van der Waals surface area contributed by atoms with Crippen LogP contribution in [0.3, 0.4) is 0 Å². The highest BCUT2D eigenvalue weighted by Gasteiger charge is 2.37. The summed E-state index contributed by atoms with van der Waals surface area (Å²) in [6.45, 7) is 16.1. The standard InChI is InChI=1S/C36H58O2/c1-26(2)14-10-15-27(3)16-11-17-28(4)18-12-19-29(5)20-13-21-30(6)24-25-32-31(7)35(37)33-22-8-9-23-34(33)36(32)38/h8-9,22-24,26-29,31-32H,10-21,25H2,1-7H3/b30-24+. The summed E-state index contributed by atoms with van der Waals surface area (Å²) in [5.74, 6) is 3.18. The molecule has 38 heavy (non-hydrogen) atoms. The molecule has 0 saturated carbocycles. The molecular formula is C36H58O2. The molecule has 0 N–H and O–H groups in total. The van der Waals surface area contributed by atoms with Crippen molar-refractivity contribution in [3.63, 3.8) is 0 Å². The van der Waals surface area contributed by atoms with E-state index in [0.29, 0.717) is 17.5 Å². The van der Waals surface area contributed by atoms with Gasteiger partial charge in [0.2, 0.25) is 0 Å². The Labute approximate surface area is 235 Å². The summed E-state index contributed by atoms with van der Waals surface area (Å²) in [7, 11) is 0. The molecule has 1 aromatic rings. The fourth-order valence-electron chi connectivity index (χ4n) is 6.18. The second kappa shape index (κ2) is 17.1. The molecule has 1 aliphatic rings. The molecule has 0 fully saturated rings. The summed E-state index contributed by atoms with van der Waals surface area (Å²) >= 11 is 0. The number of ketones is 2. The highest BCUT2D eigenvalue weighted by molar-refractivity contribution is 6.15. The van der Waals surface area contributed by atoms with Gasteiger partial charge < -0.3 is 0 Å². The average Bonchev–Trinajstić information content (AvgIpc) is 2.87. The maximum absolute atomic E-state index is 13.0. The van der Waals surface area contributed by atoms with Gasteiger partial charge in [-0.05, 0) is 49.9 Å². The van der Waals surface area contributed by atoms with Crippen molar-refractivity contribution in [2.24, 2.45) is 35.5 Å². The van der Waals surface area contributed by atoms with Crippen molar-refractivity contribution in [3.05, 3.63) is 47.0 Å². The van der Waals surface area contributed by atoms with Crippen LogP contribution in [0.5, 0.6) is 0 Å². The van der Waals surface area contributed by atoms with Crippen molar-refractivity contribution < 1.29 is 9.59 Å². The number of hydrogen-bond donors (Lipinski definition) is 0. The first kappa shape index (κ1) is 32.5. The predicted octanol–water partition coefficient (Wildman–Crippen LogP) is 10.9. The number of fused-ring (bicyclic) bond motifs is 1. The molecule has 5 unspecified atom stereocenters. The number of benzene rings is 1. The lowest BCUT2D eigenvalue weighted by Crippen LogP contribution is -2.34. The molecule has 2 heteroatoms. The van der Waals surface area contributed by atoms with Crippen molar-refractivity contribution in [1.82, 2.24) is 0 Å². The lowest BCUT2D eigenvalue weighted by molar-refractivity contribution is 0.0750. The number of Topliss-reactive ketones (excluding diaryl/α,β-unsaturated/α-hetero) is 2. The van der Waals surface area contributed by atoms with Crippen molar-refractivity contribution in [2.45, 2.75) is 132 Å². The Hall–Kier alpha value is -1.70. The lowest BCUT2D eigenvalue weighted by atomic mass is 9.73. The van der Waals surface area contributed by atoms with E-state index in [1.807, 2.05) is 25.1 Å². The molecule has 0 spiro atoms. The number of hydrogen-bond acceptors (Lipinski definition) is 2. The summed E-state index contributed by atoms with van der Waals surface area (Å²) in [6, 6.07) is 7.31. The zero-order chi connectivity index (χ0) is 28.1. The average molecular weight is 523 g/mol. The molecule has 0 bridgehead atoms. The number of carbonyl (C=O) groups is 2. The summed E-state index contributed by atoms with van der Waals surface area (Å²) in [4.78, 5) is 25.8. The summed E-state index contributed by atoms with van der Waals surface area (Å²) in [5, 5.41) is 0. The van der Waals surface area contributed by atoms with E-state index in [9.17, 15) is 9.59 Å². The van der Waals surface area contributed by atoms with E-state index in [-0.39, 0.29) is 23.4 Å². The second-order valence-corrected chi connectivity index (χ2v) is 13.3. The van der Waals surface area contributed by atoms with Crippen LogP contribution in [-0.4, -0.2) is 11.6 Å². The van der Waals surface area contributed by atoms with Gasteiger partial charge in [0.1, 0.15) is 0 Å². The number of rotatable bonds is 18. The molecule has 0 saturated heterocycles. The quantitative estimate of drug-likeness (QED) is 0.180. The molecule has 1 aliphatic carbocycles. The highest BCUT2D eigenvalue weighted by atomic mass is 16.1. The zero-order valence-electron chi connectivity index (χ0n) is 25.9. The number of allylic oxidation sites excluding steroid dienone is 2. The maximum atomic E-state index is 13.0. The van der Waals surface area contributed by atoms with Gasteiger partial charge in [0.15, 0.2) is 11.6 Å². The van der Waals surface area contributed by atoms with E-state index in [1.54, 1.807) is 6.07 Å². The van der Waals surface area contributed by atoms with Gasteiger partial charge in [-0.3, -0.25) is 9.59 Å². The normalized spacial score (nSPS) is 20.5. The molecule has 214 valence electrons. The smallest absolute Gasteiger partial charge is 0.167 e. The summed E-state index contributed by atoms with van der Waals surface area (Å²) in [5.41, 5.74) is 2.57. The third kappa shape index (κ3) is 11.2. The lowest BCUT2D eigenvalue weighted by Gasteiger charge is -2.27. The Morgan fingerprint density at radius 1 is 0.711 bits per heavy atom. The predicted molar refractivity (Wildman–Crippen MR) is 164 cm³/mol. The van der Waals surface area contributed by atoms with Crippen LogP contribution in [0, 0.1) is 35.5 Å². The Balaban J connectivity index is 1.59. The van der Waals surface area contributed by atoms with Crippen LogP contribution in [0.4, 0.5) is 0 Å². The fraction of sp³-hybridized carbons (Fsp3) is 0.722. The first-order valence-electron chi connectivity index (χ1n) is 15.9. The Morgan fingerprint density at radius 2 is 1.16 bits per heavy atom. The molecule has 0 heterocycles. The molecule has 2 rings (SSSR count). The third-order valence-electron chi connectivity index (χ3n) is 9.07. The molecule has 1 aromatic carbocycles. The topological polar surface area (TPSA) is 34.1 Å². The van der Waals surface area contributed by atoms with Crippen molar-refractivity contribution in [2.75, 3.05) is 0 Å². The molecule has 0 radical (unpaired) electrons. The first-order chi connectivity index (χ1) is 18.1. The molecule has 5 atom stereocenters. The van der Waals surface area contributed by atoms with Crippen LogP contribution in [0.25, 0.3) is 0 Å². The molecule has 2 nitrogen and oxygen atoms in total. The van der Waals surface area contributed by atoms with Gasteiger partial charge in [0, 0.05) is 23.0 Å². The van der Waals surface area contributed by atoms with E-state index in [0.717, 1.165) is 30.1 Å². The monoisotopic (exact) mass is 522 g/mol. The zero-order valence-corrected chi connectivity index (χ0v) is 25.9. The third-order valence-corrected chi connectivity index (χ3v) is 9.07. The first-order valence-corrected chi connectivity index (χ1v) is 15.9. The van der Waals surface area contributed by atoms with E-state index in [4.69, 9.17) is 0 Å². The van der Waals surface area contributed by atoms with Crippen LogP contribution >= 0.6 is 0 Å². The van der Waals surface area contributed by atoms with Gasteiger partial charge in [-0.25, -0.2) is 0 Å². The minimum Gasteiger partial charge on any atom is -0.294 e. The van der Waals surface area contributed by atoms with Gasteiger partial charge in [0.25, 0.3) is 0 Å². The van der Waals surface area contributed by atoms with Crippen molar-refractivity contribution >= 4 is 11.6 Å². The van der Waals surface area contributed by atoms with Crippen LogP contribution in [0.2, 0.25) is 0 Å². The molecule has 0 amide bonds. The Morgan fingerprint density at radius 3 is 1.66 bits per heavy atom. The van der Waals surface area contributed by atoms with Crippen LogP contribution < -0.4 is 0 Å². The highest BCUT2D eigenvalue weighted by Crippen LogP contribution is 2.33. The minimum atomic E-state index is -0.234. The van der Waals surface area contributed by atoms with E-state index >= 15 is 0 Å². The van der Waals surface area contributed by atoms with Gasteiger partial charge in [0.05, 0.1) is 0 Å². The van der Waals surface area contributed by atoms with Crippen LogP contribution in [0.15, 0.2) is 35.9 Å². The fourth-order valence-corrected chi connectivity index (χ4v) is 6.18. The minimum absolute atomic E-state index is 0.117. The van der Waals surface area contributed by atoms with E-state index in [2.05, 4.69) is 47.6 Å². The SMILES string of the molecule is C/C(=C\CC1C(=O)c2ccccc2C(=O)C1C)CCCC(C)CCCC(C)CCCC(C)CCCC(C)C. The summed E-state index contributed by atoms with van der Waals surface area (Å²) < 4.78 is 0. The van der Waals surface area contributed by atoms with E-state index in [1.165, 1.54) is 76.2 Å². The Bertz CT molecular complexity index is 879. The molecule has 0 aliphatic heterocycles. The number of carbonyl (C=O) groups excluding carboxylic acids is 2. The second-order valence-electron chi connectivity index (χ2n) is 13.3. The summed E-state index contributed by atoms with van der Waals surface area (Å²) in [6.07, 6.45) is 18.9.